The summed E-state index contributed by atoms with van der Waals surface area (Å²) in [5.74, 6) is 0.844. The van der Waals surface area contributed by atoms with Gasteiger partial charge in [0, 0.05) is 33.3 Å². The summed E-state index contributed by atoms with van der Waals surface area (Å²) in [6.07, 6.45) is 5.55. The third-order valence-corrected chi connectivity index (χ3v) is 4.14. The van der Waals surface area contributed by atoms with Crippen molar-refractivity contribution in [2.45, 2.75) is 31.9 Å². The molecule has 24 heavy (non-hydrogen) atoms. The third-order valence-electron chi connectivity index (χ3n) is 4.14. The van der Waals surface area contributed by atoms with E-state index in [0.29, 0.717) is 6.10 Å². The number of benzene rings is 1. The monoisotopic (exact) mass is 443 g/mol. The van der Waals surface area contributed by atoms with E-state index in [2.05, 4.69) is 37.3 Å². The molecule has 0 saturated carbocycles. The van der Waals surface area contributed by atoms with Crippen molar-refractivity contribution in [3.05, 3.63) is 30.6 Å². The van der Waals surface area contributed by atoms with Gasteiger partial charge in [0.05, 0.1) is 23.5 Å². The zero-order valence-electron chi connectivity index (χ0n) is 14.1. The Bertz CT molecular complexity index is 651. The smallest absolute Gasteiger partial charge is 0.191 e. The number of imidazole rings is 1. The first-order valence-corrected chi connectivity index (χ1v) is 8.33. The normalized spacial score (nSPS) is 17.7. The number of aliphatic imine (C=N–C) groups is 1. The molecule has 0 bridgehead atoms. The minimum absolute atomic E-state index is 0. The van der Waals surface area contributed by atoms with E-state index in [0.717, 1.165) is 57.0 Å². The van der Waals surface area contributed by atoms with E-state index in [9.17, 15) is 0 Å². The number of ether oxygens (including phenoxy) is 1. The second-order valence-electron chi connectivity index (χ2n) is 5.80. The van der Waals surface area contributed by atoms with Crippen LogP contribution < -0.4 is 10.6 Å². The van der Waals surface area contributed by atoms with Gasteiger partial charge in [-0.3, -0.25) is 4.99 Å². The van der Waals surface area contributed by atoms with E-state index >= 15 is 0 Å². The summed E-state index contributed by atoms with van der Waals surface area (Å²) in [6.45, 7) is 3.52. The van der Waals surface area contributed by atoms with Crippen LogP contribution in [0.5, 0.6) is 0 Å². The Hall–Kier alpha value is -1.35. The van der Waals surface area contributed by atoms with E-state index < -0.39 is 0 Å². The lowest BCUT2D eigenvalue weighted by atomic mass is 10.2. The van der Waals surface area contributed by atoms with Gasteiger partial charge < -0.3 is 19.9 Å². The Morgan fingerprint density at radius 1 is 1.38 bits per heavy atom. The summed E-state index contributed by atoms with van der Waals surface area (Å²) in [4.78, 5) is 8.67. The first-order valence-electron chi connectivity index (χ1n) is 8.33. The Morgan fingerprint density at radius 3 is 3.04 bits per heavy atom. The van der Waals surface area contributed by atoms with Gasteiger partial charge in [-0.25, -0.2) is 4.98 Å². The molecule has 1 saturated heterocycles. The molecule has 1 unspecified atom stereocenters. The number of hydrogen-bond donors (Lipinski definition) is 2. The SMILES string of the molecule is CN=C(NCCCn1cnc2ccccc21)NCC1CCCO1.I. The lowest BCUT2D eigenvalue weighted by Gasteiger charge is -2.15. The Balaban J connectivity index is 0.00000208. The average molecular weight is 443 g/mol. The molecule has 6 nitrogen and oxygen atoms in total. The van der Waals surface area contributed by atoms with Gasteiger partial charge in [-0.1, -0.05) is 12.1 Å². The molecule has 2 aromatic rings. The van der Waals surface area contributed by atoms with Crippen LogP contribution in [0.25, 0.3) is 11.0 Å². The standard InChI is InChI=1S/C17H25N5O.HI/c1-18-17(20-12-14-6-4-11-23-14)19-9-5-10-22-13-21-15-7-2-3-8-16(15)22;/h2-3,7-8,13-14H,4-6,9-12H2,1H3,(H2,18,19,20);1H. The van der Waals surface area contributed by atoms with E-state index in [1.165, 1.54) is 5.52 Å². The fourth-order valence-electron chi connectivity index (χ4n) is 2.88. The molecule has 0 spiro atoms. The molecule has 0 radical (unpaired) electrons. The maximum Gasteiger partial charge on any atom is 0.191 e. The fourth-order valence-corrected chi connectivity index (χ4v) is 2.88. The van der Waals surface area contributed by atoms with Crippen molar-refractivity contribution in [2.75, 3.05) is 26.7 Å². The molecular weight excluding hydrogens is 417 g/mol. The maximum atomic E-state index is 5.61. The molecular formula is C17H26IN5O. The molecule has 0 aliphatic carbocycles. The van der Waals surface area contributed by atoms with Crippen LogP contribution in [-0.2, 0) is 11.3 Å². The summed E-state index contributed by atoms with van der Waals surface area (Å²) in [6, 6.07) is 8.22. The van der Waals surface area contributed by atoms with Crippen LogP contribution in [0.1, 0.15) is 19.3 Å². The van der Waals surface area contributed by atoms with Crippen molar-refractivity contribution in [1.82, 2.24) is 20.2 Å². The van der Waals surface area contributed by atoms with E-state index in [1.54, 1.807) is 7.05 Å². The third kappa shape index (κ3) is 5.07. The van der Waals surface area contributed by atoms with Gasteiger partial charge in [0.25, 0.3) is 0 Å². The highest BCUT2D eigenvalue weighted by Crippen LogP contribution is 2.12. The van der Waals surface area contributed by atoms with Crippen LogP contribution in [0.4, 0.5) is 0 Å². The van der Waals surface area contributed by atoms with Crippen molar-refractivity contribution < 1.29 is 4.74 Å². The van der Waals surface area contributed by atoms with E-state index in [4.69, 9.17) is 4.74 Å². The Labute approximate surface area is 160 Å². The van der Waals surface area contributed by atoms with Crippen molar-refractivity contribution in [3.8, 4) is 0 Å². The highest BCUT2D eigenvalue weighted by Gasteiger charge is 2.15. The van der Waals surface area contributed by atoms with Crippen molar-refractivity contribution >= 4 is 41.0 Å². The second kappa shape index (κ2) is 9.83. The van der Waals surface area contributed by atoms with E-state index in [-0.39, 0.29) is 24.0 Å². The minimum atomic E-state index is 0. The molecule has 2 N–H and O–H groups in total. The second-order valence-corrected chi connectivity index (χ2v) is 5.80. The summed E-state index contributed by atoms with van der Waals surface area (Å²) in [5, 5.41) is 6.68. The highest BCUT2D eigenvalue weighted by molar-refractivity contribution is 14.0. The molecule has 1 atom stereocenters. The highest BCUT2D eigenvalue weighted by atomic mass is 127. The van der Waals surface area contributed by atoms with E-state index in [1.807, 2.05) is 18.5 Å². The number of aryl methyl sites for hydroxylation is 1. The van der Waals surface area contributed by atoms with Gasteiger partial charge in [0.15, 0.2) is 5.96 Å². The van der Waals surface area contributed by atoms with Crippen LogP contribution in [-0.4, -0.2) is 48.4 Å². The Kier molecular flexibility index (Phi) is 7.77. The van der Waals surface area contributed by atoms with Crippen LogP contribution in [0, 0.1) is 0 Å². The lowest BCUT2D eigenvalue weighted by Crippen LogP contribution is -2.41. The minimum Gasteiger partial charge on any atom is -0.376 e. The molecule has 132 valence electrons. The average Bonchev–Trinajstić information content (AvgIpc) is 3.24. The first kappa shape index (κ1) is 19.0. The molecule has 2 heterocycles. The predicted molar refractivity (Wildman–Crippen MR) is 108 cm³/mol. The molecule has 1 aromatic carbocycles. The number of nitrogens with one attached hydrogen (secondary N) is 2. The predicted octanol–water partition coefficient (Wildman–Crippen LogP) is 2.39. The van der Waals surface area contributed by atoms with Gasteiger partial charge in [-0.2, -0.15) is 0 Å². The van der Waals surface area contributed by atoms with Gasteiger partial charge in [-0.05, 0) is 31.4 Å². The van der Waals surface area contributed by atoms with Crippen LogP contribution in [0.15, 0.2) is 35.6 Å². The molecule has 1 aromatic heterocycles. The number of guanidine groups is 1. The lowest BCUT2D eigenvalue weighted by molar-refractivity contribution is 0.114. The molecule has 3 rings (SSSR count). The van der Waals surface area contributed by atoms with Gasteiger partial charge in [-0.15, -0.1) is 24.0 Å². The first-order chi connectivity index (χ1) is 11.4. The molecule has 1 aliphatic rings. The zero-order chi connectivity index (χ0) is 15.9. The van der Waals surface area contributed by atoms with Gasteiger partial charge in [0.1, 0.15) is 0 Å². The number of rotatable bonds is 6. The van der Waals surface area contributed by atoms with Crippen molar-refractivity contribution in [1.29, 1.82) is 0 Å². The number of nitrogens with zero attached hydrogens (tertiary/aromatic N) is 3. The quantitative estimate of drug-likeness (QED) is 0.312. The number of fused-ring (bicyclic) bond motifs is 1. The maximum absolute atomic E-state index is 5.61. The molecule has 1 fully saturated rings. The fraction of sp³-hybridized carbons (Fsp3) is 0.529. The van der Waals surface area contributed by atoms with Crippen molar-refractivity contribution in [2.24, 2.45) is 4.99 Å². The number of para-hydroxylation sites is 2. The van der Waals surface area contributed by atoms with Gasteiger partial charge >= 0.3 is 0 Å². The van der Waals surface area contributed by atoms with Crippen LogP contribution in [0.3, 0.4) is 0 Å². The van der Waals surface area contributed by atoms with Crippen LogP contribution >= 0.6 is 24.0 Å². The topological polar surface area (TPSA) is 63.5 Å². The Morgan fingerprint density at radius 2 is 2.25 bits per heavy atom. The summed E-state index contributed by atoms with van der Waals surface area (Å²) >= 11 is 0. The summed E-state index contributed by atoms with van der Waals surface area (Å²) < 4.78 is 7.80. The number of hydrogen-bond acceptors (Lipinski definition) is 3. The molecule has 0 amide bonds. The molecule has 7 heteroatoms. The number of halogens is 1. The van der Waals surface area contributed by atoms with Gasteiger partial charge in [0.2, 0.25) is 0 Å². The zero-order valence-corrected chi connectivity index (χ0v) is 16.4. The van der Waals surface area contributed by atoms with Crippen molar-refractivity contribution in [3.63, 3.8) is 0 Å². The van der Waals surface area contributed by atoms with Crippen LogP contribution in [0.2, 0.25) is 0 Å². The molecule has 1 aliphatic heterocycles. The largest absolute Gasteiger partial charge is 0.376 e. The number of aromatic nitrogens is 2. The summed E-state index contributed by atoms with van der Waals surface area (Å²) in [5.41, 5.74) is 2.24. The summed E-state index contributed by atoms with van der Waals surface area (Å²) in [7, 11) is 1.80.